The van der Waals surface area contributed by atoms with Gasteiger partial charge in [0.25, 0.3) is 0 Å². The van der Waals surface area contributed by atoms with Crippen molar-refractivity contribution in [1.82, 2.24) is 4.90 Å². The molecular weight excluding hydrogens is 554 g/mol. The summed E-state index contributed by atoms with van der Waals surface area (Å²) in [4.78, 5) is 68.2. The zero-order valence-electron chi connectivity index (χ0n) is 19.6. The average Bonchev–Trinajstić information content (AvgIpc) is 2.79. The third-order valence-corrected chi connectivity index (χ3v) is 8.67. The van der Waals surface area contributed by atoms with Gasteiger partial charge >= 0.3 is 0 Å². The van der Waals surface area contributed by atoms with Crippen molar-refractivity contribution in [2.45, 2.75) is 29.3 Å². The minimum atomic E-state index is -3.12. The molecule has 0 bridgehead atoms. The van der Waals surface area contributed by atoms with E-state index < -0.39 is 86.9 Å². The number of hydrogen-bond donors (Lipinski definition) is 7. The molecule has 2 fully saturated rings. The highest BCUT2D eigenvalue weighted by molar-refractivity contribution is 9.10. The van der Waals surface area contributed by atoms with Gasteiger partial charge in [-0.1, -0.05) is 0 Å². The Morgan fingerprint density at radius 3 is 2.24 bits per heavy atom. The highest BCUT2D eigenvalue weighted by Gasteiger charge is 2.83. The molecule has 1 aromatic carbocycles. The average molecular weight is 578 g/mol. The van der Waals surface area contributed by atoms with Crippen molar-refractivity contribution in [2.24, 2.45) is 40.2 Å². The van der Waals surface area contributed by atoms with Gasteiger partial charge < -0.3 is 38.9 Å². The number of carbonyl (C=O) groups excluding carboxylic acids is 5. The van der Waals surface area contributed by atoms with E-state index in [4.69, 9.17) is 28.7 Å². The van der Waals surface area contributed by atoms with E-state index in [0.29, 0.717) is 0 Å². The molecule has 0 aliphatic heterocycles. The Hall–Kier alpha value is -3.26. The highest BCUT2D eigenvalue weighted by Crippen LogP contribution is 2.58. The smallest absolute Gasteiger partial charge is 0.235 e. The van der Waals surface area contributed by atoms with Crippen LogP contribution in [-0.2, 0) is 19.2 Å². The molecule has 0 heterocycles. The molecular formula is C22H24BrN7O7. The number of aromatic hydroxyl groups is 1. The first-order valence-electron chi connectivity index (χ1n) is 10.8. The van der Waals surface area contributed by atoms with Gasteiger partial charge in [-0.05, 0) is 41.7 Å². The Morgan fingerprint density at radius 1 is 1.19 bits per heavy atom. The predicted octanol–water partition coefficient (Wildman–Crippen LogP) is -3.42. The van der Waals surface area contributed by atoms with Crippen molar-refractivity contribution in [2.75, 3.05) is 19.8 Å². The normalized spacial score (nSPS) is 39.1. The predicted molar refractivity (Wildman–Crippen MR) is 128 cm³/mol. The molecule has 4 rings (SSSR count). The molecule has 14 nitrogen and oxygen atoms in total. The van der Waals surface area contributed by atoms with Gasteiger partial charge in [0.05, 0.1) is 46.6 Å². The number of halogens is 1. The second kappa shape index (κ2) is 7.87. The molecule has 2 saturated carbocycles. The van der Waals surface area contributed by atoms with E-state index in [9.17, 15) is 39.4 Å². The largest absolute Gasteiger partial charge is 0.505 e. The van der Waals surface area contributed by atoms with E-state index in [1.807, 2.05) is 0 Å². The Labute approximate surface area is 217 Å². The maximum absolute atomic E-state index is 14.2. The molecule has 12 N–H and O–H groups in total. The van der Waals surface area contributed by atoms with Gasteiger partial charge in [0.15, 0.2) is 40.2 Å². The van der Waals surface area contributed by atoms with Gasteiger partial charge in [0.2, 0.25) is 5.91 Å². The van der Waals surface area contributed by atoms with Gasteiger partial charge in [-0.25, -0.2) is 0 Å². The number of aliphatic hydroxyl groups is 1. The van der Waals surface area contributed by atoms with E-state index in [0.717, 1.165) is 4.90 Å². The number of primary amides is 1. The minimum absolute atomic E-state index is 0.105. The number of phenols is 1. The fourth-order valence-electron chi connectivity index (χ4n) is 6.30. The Balaban J connectivity index is 2.14. The molecule has 3 aliphatic carbocycles. The summed E-state index contributed by atoms with van der Waals surface area (Å²) in [7, 11) is 2.61. The number of aliphatic hydroxyl groups excluding tert-OH is 1. The SMILES string of the molecule is CN(C)[C@@H]1C(=O)C(C(N)=O)C(=O)[C@@]2(C#N)C(=O)C3C(=O)c4c(cc(Br)c(N)c4O)[C@H](N)[C@@]3(N)[C@H](O)[C@@]12N. The molecule has 3 aliphatic rings. The first kappa shape index (κ1) is 26.8. The number of benzene rings is 1. The Morgan fingerprint density at radius 2 is 1.76 bits per heavy atom. The van der Waals surface area contributed by atoms with Crippen LogP contribution < -0.4 is 28.7 Å². The molecule has 0 radical (unpaired) electrons. The van der Waals surface area contributed by atoms with Gasteiger partial charge in [-0.3, -0.25) is 28.9 Å². The van der Waals surface area contributed by atoms with Gasteiger partial charge in [-0.15, -0.1) is 0 Å². The summed E-state index contributed by atoms with van der Waals surface area (Å²) >= 11 is 3.13. The summed E-state index contributed by atoms with van der Waals surface area (Å²) in [6, 6.07) is -0.617. The van der Waals surface area contributed by atoms with Crippen molar-refractivity contribution in [3.8, 4) is 11.8 Å². The zero-order valence-corrected chi connectivity index (χ0v) is 21.1. The summed E-state index contributed by atoms with van der Waals surface area (Å²) in [5.74, 6) is -12.0. The third-order valence-electron chi connectivity index (χ3n) is 8.02. The highest BCUT2D eigenvalue weighted by atomic mass is 79.9. The number of nitrogen functional groups attached to an aromatic ring is 1. The topological polar surface area (TPSA) is 283 Å². The standard InChI is InChI=1S/C22H24BrN7O7/c1-30(2)15-13(33)8(18(27)36)16(34)20(4-24)17(35)9-11(31)7-5(3-6(23)10(25)12(7)32)14(26)21(9,28)19(37)22(15,20)29/h3,8-9,14-15,19,32,37H,25-26,28-29H2,1-2H3,(H2,27,36)/t8?,9?,14-,15+,19-,20-,21+,22-/m0/s1. The zero-order chi connectivity index (χ0) is 28.2. The fraction of sp³-hybridized carbons (Fsp3) is 0.455. The molecule has 1 aromatic rings. The number of amides is 1. The summed E-state index contributed by atoms with van der Waals surface area (Å²) in [5.41, 5.74) is 21.5. The number of Topliss-reactive ketones (excluding diaryl/α,β-unsaturated/α-hetero) is 4. The lowest BCUT2D eigenvalue weighted by atomic mass is 9.41. The lowest BCUT2D eigenvalue weighted by molar-refractivity contribution is -0.181. The Kier molecular flexibility index (Phi) is 5.70. The fourth-order valence-corrected chi connectivity index (χ4v) is 6.74. The lowest BCUT2D eigenvalue weighted by Gasteiger charge is -2.64. The van der Waals surface area contributed by atoms with Gasteiger partial charge in [0.1, 0.15) is 5.92 Å². The van der Waals surface area contributed by atoms with Crippen LogP contribution in [0.1, 0.15) is 22.0 Å². The van der Waals surface area contributed by atoms with Crippen LogP contribution in [-0.4, -0.2) is 81.5 Å². The number of hydrogen-bond acceptors (Lipinski definition) is 13. The molecule has 8 atom stereocenters. The number of nitriles is 1. The van der Waals surface area contributed by atoms with E-state index >= 15 is 0 Å². The van der Waals surface area contributed by atoms with Crippen molar-refractivity contribution in [3.63, 3.8) is 0 Å². The van der Waals surface area contributed by atoms with Crippen molar-refractivity contribution in [1.29, 1.82) is 5.26 Å². The number of fused-ring (bicyclic) bond motifs is 3. The number of anilines is 1. The summed E-state index contributed by atoms with van der Waals surface area (Å²) in [6.07, 6.45) is -2.32. The number of phenolic OH excluding ortho intramolecular Hbond substituents is 1. The summed E-state index contributed by atoms with van der Waals surface area (Å²) in [5, 5.41) is 32.8. The maximum atomic E-state index is 14.2. The van der Waals surface area contributed by atoms with Crippen LogP contribution in [0.15, 0.2) is 10.5 Å². The molecule has 0 spiro atoms. The van der Waals surface area contributed by atoms with Gasteiger partial charge in [-0.2, -0.15) is 5.26 Å². The number of rotatable bonds is 2. The van der Waals surface area contributed by atoms with Crippen LogP contribution in [0.25, 0.3) is 0 Å². The lowest BCUT2D eigenvalue weighted by Crippen LogP contribution is -2.92. The number of likely N-dealkylation sites (N-methyl/N-ethyl adjacent to an activating group) is 1. The first-order chi connectivity index (χ1) is 17.0. The molecule has 196 valence electrons. The molecule has 2 unspecified atom stereocenters. The van der Waals surface area contributed by atoms with Crippen LogP contribution in [0.3, 0.4) is 0 Å². The van der Waals surface area contributed by atoms with Crippen molar-refractivity contribution < 1.29 is 34.2 Å². The molecule has 0 aromatic heterocycles. The van der Waals surface area contributed by atoms with Crippen LogP contribution in [0.4, 0.5) is 5.69 Å². The van der Waals surface area contributed by atoms with E-state index in [2.05, 4.69) is 15.9 Å². The second-order valence-electron chi connectivity index (χ2n) is 9.89. The Bertz CT molecular complexity index is 1380. The van der Waals surface area contributed by atoms with Gasteiger partial charge in [0, 0.05) is 4.47 Å². The monoisotopic (exact) mass is 577 g/mol. The molecule has 15 heteroatoms. The molecule has 1 amide bonds. The van der Waals surface area contributed by atoms with Crippen LogP contribution >= 0.6 is 15.9 Å². The van der Waals surface area contributed by atoms with E-state index in [-0.39, 0.29) is 15.7 Å². The van der Waals surface area contributed by atoms with E-state index in [1.165, 1.54) is 26.2 Å². The number of carbonyl (C=O) groups is 5. The number of nitrogens with zero attached hydrogens (tertiary/aromatic N) is 2. The third kappa shape index (κ3) is 2.72. The molecule has 37 heavy (non-hydrogen) atoms. The molecule has 0 saturated heterocycles. The maximum Gasteiger partial charge on any atom is 0.235 e. The number of nitrogens with two attached hydrogens (primary N) is 5. The second-order valence-corrected chi connectivity index (χ2v) is 10.7. The number of ketones is 4. The summed E-state index contributed by atoms with van der Waals surface area (Å²) < 4.78 is 0.123. The van der Waals surface area contributed by atoms with Crippen LogP contribution in [0.2, 0.25) is 0 Å². The van der Waals surface area contributed by atoms with Crippen LogP contribution in [0.5, 0.6) is 5.75 Å². The summed E-state index contributed by atoms with van der Waals surface area (Å²) in [6.45, 7) is 0. The quantitative estimate of drug-likeness (QED) is 0.102. The van der Waals surface area contributed by atoms with Crippen molar-refractivity contribution in [3.05, 3.63) is 21.7 Å². The first-order valence-corrected chi connectivity index (χ1v) is 11.6. The van der Waals surface area contributed by atoms with Crippen molar-refractivity contribution >= 4 is 50.7 Å². The van der Waals surface area contributed by atoms with Crippen LogP contribution in [0, 0.1) is 28.6 Å². The van der Waals surface area contributed by atoms with E-state index in [1.54, 1.807) is 0 Å². The minimum Gasteiger partial charge on any atom is -0.505 e.